The maximum Gasteiger partial charge on any atom is 0.410 e. The largest absolute Gasteiger partial charge is 0.497 e. The third-order valence-corrected chi connectivity index (χ3v) is 7.15. The van der Waals surface area contributed by atoms with Crippen molar-refractivity contribution < 1.29 is 23.7 Å². The van der Waals surface area contributed by atoms with Crippen molar-refractivity contribution in [1.29, 1.82) is 0 Å². The first-order chi connectivity index (χ1) is 21.3. The topological polar surface area (TPSA) is 162 Å². The number of nitrogens with two attached hydrogens (primary N) is 1. The second-order valence-electron chi connectivity index (χ2n) is 12.3. The number of rotatable bonds is 7. The highest BCUT2D eigenvalue weighted by Crippen LogP contribution is 2.28. The van der Waals surface area contributed by atoms with E-state index in [1.807, 2.05) is 40.8 Å². The summed E-state index contributed by atoms with van der Waals surface area (Å²) < 4.78 is 25.4. The summed E-state index contributed by atoms with van der Waals surface area (Å²) in [5.41, 5.74) is 7.03. The fourth-order valence-corrected chi connectivity index (χ4v) is 4.82. The molecule has 4 heterocycles. The third-order valence-electron chi connectivity index (χ3n) is 7.15. The van der Waals surface area contributed by atoms with Crippen molar-refractivity contribution in [3.05, 3.63) is 59.3 Å². The van der Waals surface area contributed by atoms with Crippen LogP contribution in [0.5, 0.6) is 11.5 Å². The number of anilines is 1. The molecule has 5 rings (SSSR count). The number of ether oxygens (including phenoxy) is 4. The molecule has 0 aliphatic carbocycles. The molecule has 1 amide bonds. The molecular weight excluding hydrogens is 580 g/mol. The quantitative estimate of drug-likeness (QED) is 0.322. The summed E-state index contributed by atoms with van der Waals surface area (Å²) in [7, 11) is 3.05. The average molecular weight is 619 g/mol. The van der Waals surface area contributed by atoms with Gasteiger partial charge in [0.15, 0.2) is 5.82 Å². The number of hydrogen-bond acceptors (Lipinski definition) is 11. The molecule has 4 aromatic rings. The maximum atomic E-state index is 12.9. The van der Waals surface area contributed by atoms with Crippen LogP contribution < -0.4 is 20.8 Å². The molecular formula is C31H38N8O6. The SMILES string of the molecule is COc1cc(OC)cc(-n2nc(-c3nc(-c4cnn(C[C@@H]5CN(C(=O)OC(C)(C)C)C(C)(C)CO5)c4)cnc3N)ccc2=O)c1. The van der Waals surface area contributed by atoms with E-state index in [2.05, 4.69) is 15.2 Å². The highest BCUT2D eigenvalue weighted by molar-refractivity contribution is 5.70. The van der Waals surface area contributed by atoms with Gasteiger partial charge in [0.05, 0.1) is 69.3 Å². The first kappa shape index (κ1) is 31.4. The van der Waals surface area contributed by atoms with E-state index in [1.165, 1.54) is 25.0 Å². The van der Waals surface area contributed by atoms with Gasteiger partial charge in [-0.25, -0.2) is 14.8 Å². The normalized spacial score (nSPS) is 16.3. The Bertz CT molecular complexity index is 1740. The third kappa shape index (κ3) is 7.06. The van der Waals surface area contributed by atoms with Crippen LogP contribution in [-0.4, -0.2) is 85.1 Å². The van der Waals surface area contributed by atoms with Gasteiger partial charge in [-0.05, 0) is 40.7 Å². The zero-order chi connectivity index (χ0) is 32.5. The van der Waals surface area contributed by atoms with Crippen molar-refractivity contribution in [2.45, 2.75) is 58.4 Å². The van der Waals surface area contributed by atoms with E-state index in [4.69, 9.17) is 29.7 Å². The lowest BCUT2D eigenvalue weighted by Gasteiger charge is -2.45. The maximum absolute atomic E-state index is 12.9. The zero-order valence-electron chi connectivity index (χ0n) is 26.5. The number of nitrogens with zero attached hydrogens (tertiary/aromatic N) is 7. The van der Waals surface area contributed by atoms with Gasteiger partial charge in [0, 0.05) is 36.0 Å². The molecule has 14 heteroatoms. The number of benzene rings is 1. The highest BCUT2D eigenvalue weighted by Gasteiger charge is 2.40. The van der Waals surface area contributed by atoms with Crippen LogP contribution in [0.1, 0.15) is 34.6 Å². The molecule has 0 spiro atoms. The standard InChI is InChI=1S/C31H38N8O6/c1-30(2,3)45-29(41)38-17-23(44-18-31(38,4)5)16-37-15-19(13-34-37)25-14-33-28(32)27(35-25)24-8-9-26(40)39(36-24)20-10-21(42-6)12-22(11-20)43-7/h8-15,23H,16-18H2,1-7H3,(H2,32,33)/t23-/m1/s1. The summed E-state index contributed by atoms with van der Waals surface area (Å²) in [6.45, 7) is 10.5. The van der Waals surface area contributed by atoms with Gasteiger partial charge in [0.2, 0.25) is 0 Å². The van der Waals surface area contributed by atoms with Gasteiger partial charge in [-0.3, -0.25) is 14.4 Å². The molecule has 1 aromatic carbocycles. The Morgan fingerprint density at radius 3 is 2.47 bits per heavy atom. The second-order valence-corrected chi connectivity index (χ2v) is 12.3. The predicted molar refractivity (Wildman–Crippen MR) is 166 cm³/mol. The van der Waals surface area contributed by atoms with Crippen molar-refractivity contribution in [3.8, 4) is 39.8 Å². The van der Waals surface area contributed by atoms with E-state index in [0.717, 1.165) is 0 Å². The van der Waals surface area contributed by atoms with Crippen molar-refractivity contribution in [3.63, 3.8) is 0 Å². The fourth-order valence-electron chi connectivity index (χ4n) is 4.82. The van der Waals surface area contributed by atoms with Gasteiger partial charge in [-0.15, -0.1) is 0 Å². The van der Waals surface area contributed by atoms with E-state index in [9.17, 15) is 9.59 Å². The van der Waals surface area contributed by atoms with Gasteiger partial charge >= 0.3 is 6.09 Å². The number of carbonyl (C=O) groups is 1. The van der Waals surface area contributed by atoms with Crippen LogP contribution in [0.4, 0.5) is 10.6 Å². The molecule has 1 aliphatic heterocycles. The van der Waals surface area contributed by atoms with Crippen molar-refractivity contribution in [1.82, 2.24) is 34.4 Å². The Morgan fingerprint density at radius 2 is 1.80 bits per heavy atom. The summed E-state index contributed by atoms with van der Waals surface area (Å²) in [6, 6.07) is 7.96. The highest BCUT2D eigenvalue weighted by atomic mass is 16.6. The van der Waals surface area contributed by atoms with Gasteiger partial charge in [0.1, 0.15) is 28.5 Å². The van der Waals surface area contributed by atoms with E-state index in [0.29, 0.717) is 59.5 Å². The molecule has 1 atom stereocenters. The van der Waals surface area contributed by atoms with E-state index < -0.39 is 11.1 Å². The Morgan fingerprint density at radius 1 is 1.09 bits per heavy atom. The van der Waals surface area contributed by atoms with Gasteiger partial charge < -0.3 is 24.7 Å². The molecule has 0 saturated carbocycles. The number of methoxy groups -OCH3 is 2. The summed E-state index contributed by atoms with van der Waals surface area (Å²) in [5, 5.41) is 9.02. The molecule has 0 radical (unpaired) electrons. The number of amides is 1. The van der Waals surface area contributed by atoms with Crippen LogP contribution in [-0.2, 0) is 16.0 Å². The van der Waals surface area contributed by atoms with Gasteiger partial charge in [-0.1, -0.05) is 0 Å². The smallest absolute Gasteiger partial charge is 0.410 e. The summed E-state index contributed by atoms with van der Waals surface area (Å²) in [4.78, 5) is 36.5. The first-order valence-corrected chi connectivity index (χ1v) is 14.4. The molecule has 1 saturated heterocycles. The Labute approximate surface area is 260 Å². The minimum Gasteiger partial charge on any atom is -0.497 e. The molecule has 2 N–H and O–H groups in total. The van der Waals surface area contributed by atoms with Crippen LogP contribution in [0.25, 0.3) is 28.3 Å². The molecule has 238 valence electrons. The summed E-state index contributed by atoms with van der Waals surface area (Å²) >= 11 is 0. The number of morpholine rings is 1. The van der Waals surface area contributed by atoms with E-state index in [1.54, 1.807) is 46.2 Å². The van der Waals surface area contributed by atoms with Crippen LogP contribution in [0, 0.1) is 0 Å². The summed E-state index contributed by atoms with van der Waals surface area (Å²) in [5.74, 6) is 1.15. The van der Waals surface area contributed by atoms with Gasteiger partial charge in [0.25, 0.3) is 5.56 Å². The van der Waals surface area contributed by atoms with Crippen LogP contribution in [0.15, 0.2) is 53.7 Å². The lowest BCUT2D eigenvalue weighted by molar-refractivity contribution is -0.103. The average Bonchev–Trinajstić information content (AvgIpc) is 3.45. The zero-order valence-corrected chi connectivity index (χ0v) is 26.5. The lowest BCUT2D eigenvalue weighted by atomic mass is 10.0. The van der Waals surface area contributed by atoms with E-state index >= 15 is 0 Å². The van der Waals surface area contributed by atoms with Crippen molar-refractivity contribution in [2.75, 3.05) is 33.1 Å². The lowest BCUT2D eigenvalue weighted by Crippen LogP contribution is -2.59. The second kappa shape index (κ2) is 12.2. The van der Waals surface area contributed by atoms with Crippen LogP contribution in [0.3, 0.4) is 0 Å². The molecule has 45 heavy (non-hydrogen) atoms. The molecule has 1 fully saturated rings. The van der Waals surface area contributed by atoms with Crippen LogP contribution in [0.2, 0.25) is 0 Å². The number of nitrogen functional groups attached to an aromatic ring is 1. The molecule has 3 aromatic heterocycles. The minimum atomic E-state index is -0.605. The molecule has 1 aliphatic rings. The Balaban J connectivity index is 1.38. The van der Waals surface area contributed by atoms with Crippen molar-refractivity contribution in [2.24, 2.45) is 0 Å². The van der Waals surface area contributed by atoms with Crippen LogP contribution >= 0.6 is 0 Å². The number of hydrogen-bond donors (Lipinski definition) is 1. The Kier molecular flexibility index (Phi) is 8.52. The Hall–Kier alpha value is -4.98. The molecule has 0 bridgehead atoms. The summed E-state index contributed by atoms with van der Waals surface area (Å²) in [6.07, 6.45) is 4.36. The molecule has 14 nitrogen and oxygen atoms in total. The van der Waals surface area contributed by atoms with Crippen molar-refractivity contribution >= 4 is 11.9 Å². The van der Waals surface area contributed by atoms with E-state index in [-0.39, 0.29) is 23.6 Å². The fraction of sp³-hybridized carbons (Fsp3) is 0.419. The monoisotopic (exact) mass is 618 g/mol. The number of aromatic nitrogens is 6. The number of carbonyl (C=O) groups excluding carboxylic acids is 1. The predicted octanol–water partition coefficient (Wildman–Crippen LogP) is 3.57. The first-order valence-electron chi connectivity index (χ1n) is 14.4. The molecule has 0 unspecified atom stereocenters. The minimum absolute atomic E-state index is 0.146. The van der Waals surface area contributed by atoms with Gasteiger partial charge in [-0.2, -0.15) is 14.9 Å².